The molecule has 0 bridgehead atoms. The lowest BCUT2D eigenvalue weighted by atomic mass is 10.1. The summed E-state index contributed by atoms with van der Waals surface area (Å²) < 4.78 is 0. The summed E-state index contributed by atoms with van der Waals surface area (Å²) in [5, 5.41) is 7.87. The highest BCUT2D eigenvalue weighted by Gasteiger charge is 2.11. The number of hydrogen-bond donors (Lipinski definition) is 4. The third-order valence-corrected chi connectivity index (χ3v) is 4.49. The van der Waals surface area contributed by atoms with Crippen LogP contribution in [0.3, 0.4) is 0 Å². The summed E-state index contributed by atoms with van der Waals surface area (Å²) in [5.41, 5.74) is 11.3. The largest absolute Gasteiger partial charge is 0.385 e. The fourth-order valence-electron chi connectivity index (χ4n) is 3.14. The number of aromatic nitrogens is 2. The van der Waals surface area contributed by atoms with Crippen molar-refractivity contribution in [2.75, 3.05) is 24.6 Å². The summed E-state index contributed by atoms with van der Waals surface area (Å²) >= 11 is 0. The van der Waals surface area contributed by atoms with Gasteiger partial charge in [-0.3, -0.25) is 0 Å². The second-order valence-electron chi connectivity index (χ2n) is 6.36. The van der Waals surface area contributed by atoms with Crippen molar-refractivity contribution in [3.05, 3.63) is 42.1 Å². The minimum atomic E-state index is 0.510. The van der Waals surface area contributed by atoms with E-state index in [-0.39, 0.29) is 0 Å². The average Bonchev–Trinajstić information content (AvgIpc) is 3.04. The van der Waals surface area contributed by atoms with Gasteiger partial charge in [0.2, 0.25) is 0 Å². The van der Waals surface area contributed by atoms with Crippen LogP contribution in [0, 0.1) is 0 Å². The van der Waals surface area contributed by atoms with Gasteiger partial charge in [0.1, 0.15) is 5.82 Å². The van der Waals surface area contributed by atoms with Crippen LogP contribution >= 0.6 is 0 Å². The maximum absolute atomic E-state index is 5.98. The first-order chi connectivity index (χ1) is 12.2. The second kappa shape index (κ2) is 8.03. The Kier molecular flexibility index (Phi) is 5.56. The Bertz CT molecular complexity index is 837. The Morgan fingerprint density at radius 2 is 2.04 bits per heavy atom. The van der Waals surface area contributed by atoms with Gasteiger partial charge in [0.25, 0.3) is 0 Å². The van der Waals surface area contributed by atoms with E-state index < -0.39 is 0 Å². The summed E-state index contributed by atoms with van der Waals surface area (Å²) in [5.74, 6) is 0.510. The van der Waals surface area contributed by atoms with Gasteiger partial charge in [-0.1, -0.05) is 25.8 Å². The molecule has 0 fully saturated rings. The van der Waals surface area contributed by atoms with Gasteiger partial charge in [-0.2, -0.15) is 0 Å². The zero-order valence-electron chi connectivity index (χ0n) is 15.0. The van der Waals surface area contributed by atoms with Crippen molar-refractivity contribution in [1.82, 2.24) is 15.3 Å². The van der Waals surface area contributed by atoms with Crippen LogP contribution in [0.2, 0.25) is 0 Å². The summed E-state index contributed by atoms with van der Waals surface area (Å²) in [7, 11) is 1.86. The van der Waals surface area contributed by atoms with E-state index in [1.807, 2.05) is 13.1 Å². The SMILES string of the molecule is CCCCCNCc1ccc2[nH]c(-c3ccnc(N)c3NC)cc2c1. The number of anilines is 2. The second-order valence-corrected chi connectivity index (χ2v) is 6.36. The fraction of sp³-hybridized carbons (Fsp3) is 0.350. The monoisotopic (exact) mass is 337 g/mol. The van der Waals surface area contributed by atoms with Crippen molar-refractivity contribution in [3.63, 3.8) is 0 Å². The molecule has 5 nitrogen and oxygen atoms in total. The molecule has 2 heterocycles. The van der Waals surface area contributed by atoms with Gasteiger partial charge < -0.3 is 21.4 Å². The number of rotatable bonds is 8. The number of pyridine rings is 1. The van der Waals surface area contributed by atoms with Gasteiger partial charge in [0.05, 0.1) is 5.69 Å². The number of benzene rings is 1. The number of nitrogens with two attached hydrogens (primary N) is 1. The lowest BCUT2D eigenvalue weighted by Gasteiger charge is -2.09. The Morgan fingerprint density at radius 1 is 1.16 bits per heavy atom. The topological polar surface area (TPSA) is 78.8 Å². The van der Waals surface area contributed by atoms with Gasteiger partial charge in [-0.25, -0.2) is 4.98 Å². The zero-order chi connectivity index (χ0) is 17.6. The van der Waals surface area contributed by atoms with Crippen LogP contribution in [-0.4, -0.2) is 23.6 Å². The molecule has 0 aliphatic carbocycles. The molecule has 3 aromatic rings. The molecule has 25 heavy (non-hydrogen) atoms. The Labute approximate surface area is 149 Å². The summed E-state index contributed by atoms with van der Waals surface area (Å²) in [4.78, 5) is 7.63. The molecule has 132 valence electrons. The van der Waals surface area contributed by atoms with Crippen molar-refractivity contribution in [1.29, 1.82) is 0 Å². The van der Waals surface area contributed by atoms with Gasteiger partial charge in [-0.05, 0) is 42.8 Å². The molecular weight excluding hydrogens is 310 g/mol. The molecule has 0 atom stereocenters. The number of H-pyrrole nitrogens is 1. The minimum absolute atomic E-state index is 0.510. The first kappa shape index (κ1) is 17.3. The van der Waals surface area contributed by atoms with Gasteiger partial charge >= 0.3 is 0 Å². The predicted molar refractivity (Wildman–Crippen MR) is 107 cm³/mol. The van der Waals surface area contributed by atoms with E-state index in [0.29, 0.717) is 5.82 Å². The lowest BCUT2D eigenvalue weighted by molar-refractivity contribution is 0.617. The lowest BCUT2D eigenvalue weighted by Crippen LogP contribution is -2.14. The van der Waals surface area contributed by atoms with E-state index in [1.165, 1.54) is 30.2 Å². The zero-order valence-corrected chi connectivity index (χ0v) is 15.0. The van der Waals surface area contributed by atoms with Crippen molar-refractivity contribution in [3.8, 4) is 11.3 Å². The highest BCUT2D eigenvalue weighted by Crippen LogP contribution is 2.32. The number of aromatic amines is 1. The molecular formula is C20H27N5. The number of unbranched alkanes of at least 4 members (excludes halogenated alkanes) is 2. The predicted octanol–water partition coefficient (Wildman–Crippen LogP) is 4.13. The van der Waals surface area contributed by atoms with Crippen LogP contribution in [0.4, 0.5) is 11.5 Å². The third-order valence-electron chi connectivity index (χ3n) is 4.49. The molecule has 2 aromatic heterocycles. The molecule has 0 aliphatic heterocycles. The highest BCUT2D eigenvalue weighted by molar-refractivity contribution is 5.91. The van der Waals surface area contributed by atoms with Crippen molar-refractivity contribution in [2.24, 2.45) is 0 Å². The fourth-order valence-corrected chi connectivity index (χ4v) is 3.14. The third kappa shape index (κ3) is 3.94. The number of fused-ring (bicyclic) bond motifs is 1. The molecule has 0 aliphatic rings. The quantitative estimate of drug-likeness (QED) is 0.466. The first-order valence-corrected chi connectivity index (χ1v) is 8.98. The summed E-state index contributed by atoms with van der Waals surface area (Å²) in [6.07, 6.45) is 5.52. The molecule has 0 radical (unpaired) electrons. The van der Waals surface area contributed by atoms with Crippen LogP contribution in [0.5, 0.6) is 0 Å². The highest BCUT2D eigenvalue weighted by atomic mass is 14.9. The number of nitrogens with one attached hydrogen (secondary N) is 3. The molecule has 0 unspecified atom stereocenters. The molecule has 0 spiro atoms. The maximum atomic E-state index is 5.98. The van der Waals surface area contributed by atoms with E-state index in [4.69, 9.17) is 5.73 Å². The number of hydrogen-bond acceptors (Lipinski definition) is 4. The van der Waals surface area contributed by atoms with Crippen molar-refractivity contribution in [2.45, 2.75) is 32.7 Å². The van der Waals surface area contributed by atoms with Crippen LogP contribution in [0.15, 0.2) is 36.5 Å². The molecule has 5 N–H and O–H groups in total. The van der Waals surface area contributed by atoms with Crippen LogP contribution < -0.4 is 16.4 Å². The molecule has 5 heteroatoms. The minimum Gasteiger partial charge on any atom is -0.385 e. The van der Waals surface area contributed by atoms with Gasteiger partial charge in [0.15, 0.2) is 0 Å². The Morgan fingerprint density at radius 3 is 2.84 bits per heavy atom. The van der Waals surface area contributed by atoms with E-state index >= 15 is 0 Å². The van der Waals surface area contributed by atoms with Crippen LogP contribution in [0.25, 0.3) is 22.2 Å². The summed E-state index contributed by atoms with van der Waals surface area (Å²) in [6.45, 7) is 4.21. The number of nitrogens with zero attached hydrogens (tertiary/aromatic N) is 1. The molecule has 0 saturated heterocycles. The van der Waals surface area contributed by atoms with E-state index in [1.54, 1.807) is 6.20 Å². The van der Waals surface area contributed by atoms with E-state index in [9.17, 15) is 0 Å². The molecule has 1 aromatic carbocycles. The molecule has 0 amide bonds. The molecule has 0 saturated carbocycles. The first-order valence-electron chi connectivity index (χ1n) is 8.98. The normalized spacial score (nSPS) is 11.1. The van der Waals surface area contributed by atoms with Crippen LogP contribution in [-0.2, 0) is 6.54 Å². The molecule has 3 rings (SSSR count). The standard InChI is InChI=1S/C20H27N5/c1-3-4-5-9-23-13-14-6-7-17-15(11-14)12-18(25-17)16-8-10-24-20(21)19(16)22-2/h6-8,10-12,22-23,25H,3-5,9,13H2,1-2H3,(H2,21,24). The van der Waals surface area contributed by atoms with Crippen molar-refractivity contribution < 1.29 is 0 Å². The van der Waals surface area contributed by atoms with Gasteiger partial charge in [-0.15, -0.1) is 0 Å². The Balaban J connectivity index is 1.80. The average molecular weight is 337 g/mol. The smallest absolute Gasteiger partial charge is 0.147 e. The van der Waals surface area contributed by atoms with E-state index in [0.717, 1.165) is 35.6 Å². The van der Waals surface area contributed by atoms with Crippen molar-refractivity contribution >= 4 is 22.4 Å². The summed E-state index contributed by atoms with van der Waals surface area (Å²) in [6, 6.07) is 10.7. The Hall–Kier alpha value is -2.53. The van der Waals surface area contributed by atoms with Crippen LogP contribution in [0.1, 0.15) is 31.7 Å². The maximum Gasteiger partial charge on any atom is 0.147 e. The number of nitrogen functional groups attached to an aromatic ring is 1. The van der Waals surface area contributed by atoms with E-state index in [2.05, 4.69) is 51.8 Å². The van der Waals surface area contributed by atoms with Gasteiger partial charge in [0, 0.05) is 41.9 Å².